The number of aromatic nitrogens is 3. The highest BCUT2D eigenvalue weighted by Crippen LogP contribution is 2.28. The van der Waals surface area contributed by atoms with E-state index in [2.05, 4.69) is 19.7 Å². The molecule has 7 nitrogen and oxygen atoms in total. The molecule has 25 heavy (non-hydrogen) atoms. The Hall–Kier alpha value is -2.29. The number of nitrogens with zero attached hydrogens (tertiary/aromatic N) is 2. The van der Waals surface area contributed by atoms with E-state index >= 15 is 0 Å². The van der Waals surface area contributed by atoms with Gasteiger partial charge in [-0.05, 0) is 50.6 Å². The molecule has 0 aromatic carbocycles. The van der Waals surface area contributed by atoms with Crippen LogP contribution in [0.4, 0.5) is 0 Å². The van der Waals surface area contributed by atoms with E-state index in [1.807, 2.05) is 19.1 Å². The van der Waals surface area contributed by atoms with Crippen molar-refractivity contribution in [1.29, 1.82) is 0 Å². The van der Waals surface area contributed by atoms with Crippen LogP contribution in [0.2, 0.25) is 0 Å². The predicted octanol–water partition coefficient (Wildman–Crippen LogP) is 1.98. The van der Waals surface area contributed by atoms with E-state index in [-0.39, 0.29) is 11.6 Å². The highest BCUT2D eigenvalue weighted by molar-refractivity contribution is 7.89. The molecule has 0 aliphatic rings. The lowest BCUT2D eigenvalue weighted by atomic mass is 10.1. The topological polar surface area (TPSA) is 108 Å². The van der Waals surface area contributed by atoms with Crippen LogP contribution in [-0.4, -0.2) is 40.6 Å². The Morgan fingerprint density at radius 1 is 1.24 bits per heavy atom. The smallest absolute Gasteiger partial charge is 0.258 e. The molecule has 0 aliphatic heterocycles. The third-order valence-electron chi connectivity index (χ3n) is 3.80. The van der Waals surface area contributed by atoms with Crippen molar-refractivity contribution in [3.8, 4) is 11.1 Å². The zero-order valence-corrected chi connectivity index (χ0v) is 15.1. The van der Waals surface area contributed by atoms with Gasteiger partial charge in [-0.3, -0.25) is 0 Å². The van der Waals surface area contributed by atoms with Gasteiger partial charge in [0.1, 0.15) is 5.65 Å². The first-order valence-electron chi connectivity index (χ1n) is 7.77. The minimum atomic E-state index is -3.81. The summed E-state index contributed by atoms with van der Waals surface area (Å²) in [5.41, 5.74) is 2.54. The van der Waals surface area contributed by atoms with Crippen LogP contribution in [0.15, 0.2) is 41.7 Å². The molecule has 0 aliphatic carbocycles. The number of hydrogen-bond acceptors (Lipinski definition) is 5. The van der Waals surface area contributed by atoms with Gasteiger partial charge in [0.2, 0.25) is 0 Å². The lowest BCUT2D eigenvalue weighted by Gasteiger charge is -2.22. The quantitative estimate of drug-likeness (QED) is 0.645. The highest BCUT2D eigenvalue weighted by atomic mass is 32.2. The summed E-state index contributed by atoms with van der Waals surface area (Å²) in [6.07, 6.45) is 3.22. The van der Waals surface area contributed by atoms with Gasteiger partial charge in [-0.25, -0.2) is 23.1 Å². The molecule has 3 aromatic rings. The highest BCUT2D eigenvalue weighted by Gasteiger charge is 2.26. The lowest BCUT2D eigenvalue weighted by molar-refractivity contribution is 0.208. The Balaban J connectivity index is 1.97. The SMILES string of the molecule is Cc1cc2c(-c3ccc(S(=O)(=O)NC(C)(C)CO)nc3)ccnc2[nH]1. The summed E-state index contributed by atoms with van der Waals surface area (Å²) < 4.78 is 27.2. The molecule has 0 amide bonds. The van der Waals surface area contributed by atoms with Crippen molar-refractivity contribution in [1.82, 2.24) is 19.7 Å². The van der Waals surface area contributed by atoms with Gasteiger partial charge in [-0.1, -0.05) is 0 Å². The van der Waals surface area contributed by atoms with Gasteiger partial charge in [-0.2, -0.15) is 0 Å². The van der Waals surface area contributed by atoms with E-state index < -0.39 is 15.6 Å². The van der Waals surface area contributed by atoms with Crippen LogP contribution in [0.1, 0.15) is 19.5 Å². The number of aryl methyl sites for hydroxylation is 1. The largest absolute Gasteiger partial charge is 0.394 e. The van der Waals surface area contributed by atoms with E-state index in [1.54, 1.807) is 26.1 Å². The van der Waals surface area contributed by atoms with Crippen molar-refractivity contribution < 1.29 is 13.5 Å². The third-order valence-corrected chi connectivity index (χ3v) is 5.41. The number of fused-ring (bicyclic) bond motifs is 1. The van der Waals surface area contributed by atoms with E-state index in [0.717, 1.165) is 27.9 Å². The number of hydrogen-bond donors (Lipinski definition) is 3. The Morgan fingerprint density at radius 2 is 2.00 bits per heavy atom. The molecule has 0 radical (unpaired) electrons. The first kappa shape index (κ1) is 17.5. The molecule has 0 atom stereocenters. The number of aliphatic hydroxyl groups is 1. The van der Waals surface area contributed by atoms with Gasteiger partial charge >= 0.3 is 0 Å². The van der Waals surface area contributed by atoms with Crippen LogP contribution in [0.25, 0.3) is 22.2 Å². The van der Waals surface area contributed by atoms with Gasteiger partial charge in [0.05, 0.1) is 12.1 Å². The second-order valence-electron chi connectivity index (χ2n) is 6.61. The minimum absolute atomic E-state index is 0.0895. The van der Waals surface area contributed by atoms with Crippen LogP contribution in [-0.2, 0) is 10.0 Å². The first-order valence-corrected chi connectivity index (χ1v) is 9.26. The van der Waals surface area contributed by atoms with Crippen molar-refractivity contribution >= 4 is 21.1 Å². The second kappa shape index (κ2) is 6.21. The third kappa shape index (κ3) is 3.55. The van der Waals surface area contributed by atoms with Gasteiger partial charge in [0.15, 0.2) is 5.03 Å². The molecular weight excluding hydrogens is 340 g/mol. The molecule has 0 saturated carbocycles. The molecule has 3 rings (SSSR count). The number of sulfonamides is 1. The maximum Gasteiger partial charge on any atom is 0.258 e. The van der Waals surface area contributed by atoms with Crippen LogP contribution >= 0.6 is 0 Å². The minimum Gasteiger partial charge on any atom is -0.394 e. The number of aromatic amines is 1. The van der Waals surface area contributed by atoms with Crippen molar-refractivity contribution in [2.24, 2.45) is 0 Å². The fraction of sp³-hybridized carbons (Fsp3) is 0.294. The van der Waals surface area contributed by atoms with Crippen LogP contribution < -0.4 is 4.72 Å². The average Bonchev–Trinajstić information content (AvgIpc) is 2.94. The van der Waals surface area contributed by atoms with Gasteiger partial charge in [-0.15, -0.1) is 0 Å². The molecule has 0 spiro atoms. The van der Waals surface area contributed by atoms with Crippen molar-refractivity contribution in [3.05, 3.63) is 42.4 Å². The fourth-order valence-corrected chi connectivity index (χ4v) is 3.89. The maximum absolute atomic E-state index is 12.4. The zero-order chi connectivity index (χ0) is 18.2. The summed E-state index contributed by atoms with van der Waals surface area (Å²) in [4.78, 5) is 11.6. The van der Waals surface area contributed by atoms with E-state index in [9.17, 15) is 13.5 Å². The van der Waals surface area contributed by atoms with Crippen LogP contribution in [0, 0.1) is 6.92 Å². The Labute approximate surface area is 146 Å². The van der Waals surface area contributed by atoms with Gasteiger partial charge in [0, 0.05) is 29.0 Å². The molecule has 0 unspecified atom stereocenters. The molecule has 0 bridgehead atoms. The van der Waals surface area contributed by atoms with E-state index in [4.69, 9.17) is 0 Å². The summed E-state index contributed by atoms with van der Waals surface area (Å²) >= 11 is 0. The second-order valence-corrected chi connectivity index (χ2v) is 8.24. The zero-order valence-electron chi connectivity index (χ0n) is 14.2. The average molecular weight is 360 g/mol. The number of H-pyrrole nitrogens is 1. The summed E-state index contributed by atoms with van der Waals surface area (Å²) in [5, 5.41) is 10.1. The summed E-state index contributed by atoms with van der Waals surface area (Å²) in [6.45, 7) is 4.84. The number of pyridine rings is 2. The first-order chi connectivity index (χ1) is 11.7. The summed E-state index contributed by atoms with van der Waals surface area (Å²) in [5.74, 6) is 0. The van der Waals surface area contributed by atoms with E-state index in [1.165, 1.54) is 12.3 Å². The molecule has 132 valence electrons. The molecule has 0 fully saturated rings. The normalized spacial score (nSPS) is 12.6. The van der Waals surface area contributed by atoms with Crippen molar-refractivity contribution in [3.63, 3.8) is 0 Å². The Kier molecular flexibility index (Phi) is 4.36. The van der Waals surface area contributed by atoms with Gasteiger partial charge in [0.25, 0.3) is 10.0 Å². The number of nitrogens with one attached hydrogen (secondary N) is 2. The van der Waals surface area contributed by atoms with E-state index in [0.29, 0.717) is 0 Å². The molecular formula is C17H20N4O3S. The molecule has 3 heterocycles. The Morgan fingerprint density at radius 3 is 2.64 bits per heavy atom. The van der Waals surface area contributed by atoms with Gasteiger partial charge < -0.3 is 10.1 Å². The maximum atomic E-state index is 12.4. The standard InChI is InChI=1S/C17H20N4O3S/c1-11-8-14-13(6-7-18-16(14)20-11)12-4-5-15(19-9-12)25(23,24)21-17(2,3)10-22/h4-9,21-22H,10H2,1-3H3,(H,18,20). The molecule has 8 heteroatoms. The predicted molar refractivity (Wildman–Crippen MR) is 95.5 cm³/mol. The van der Waals surface area contributed by atoms with Crippen molar-refractivity contribution in [2.45, 2.75) is 31.3 Å². The Bertz CT molecular complexity index is 1010. The monoisotopic (exact) mass is 360 g/mol. The van der Waals surface area contributed by atoms with Crippen molar-refractivity contribution in [2.75, 3.05) is 6.61 Å². The summed E-state index contributed by atoms with van der Waals surface area (Å²) in [7, 11) is -3.81. The molecule has 3 aromatic heterocycles. The van der Waals surface area contributed by atoms with Crippen LogP contribution in [0.5, 0.6) is 0 Å². The fourth-order valence-electron chi connectivity index (χ4n) is 2.56. The van der Waals surface area contributed by atoms with Crippen LogP contribution in [0.3, 0.4) is 0 Å². The lowest BCUT2D eigenvalue weighted by Crippen LogP contribution is -2.46. The molecule has 0 saturated heterocycles. The summed E-state index contributed by atoms with van der Waals surface area (Å²) in [6, 6.07) is 7.03. The molecule has 3 N–H and O–H groups in total. The number of aliphatic hydroxyl groups excluding tert-OH is 1. The number of rotatable bonds is 5.